The number of carbonyl (C=O) groups is 1. The van der Waals surface area contributed by atoms with Crippen LogP contribution in [0.25, 0.3) is 0 Å². The number of benzene rings is 2. The minimum absolute atomic E-state index is 0.0827. The molecule has 144 valence electrons. The van der Waals surface area contributed by atoms with E-state index in [0.717, 1.165) is 0 Å². The molecule has 2 aliphatic rings. The first-order valence-corrected chi connectivity index (χ1v) is 9.06. The van der Waals surface area contributed by atoms with Crippen LogP contribution in [0.2, 0.25) is 0 Å². The van der Waals surface area contributed by atoms with Crippen molar-refractivity contribution in [2.75, 3.05) is 18.5 Å². The lowest BCUT2D eigenvalue weighted by molar-refractivity contribution is -0.553. The number of amides is 1. The summed E-state index contributed by atoms with van der Waals surface area (Å²) in [6.07, 6.45) is 0.0827. The average molecular weight is 381 g/mol. The topological polar surface area (TPSA) is 107 Å². The average Bonchev–Trinajstić information content (AvgIpc) is 3.12. The number of nitrogens with zero attached hydrogens (tertiary/aromatic N) is 3. The van der Waals surface area contributed by atoms with Gasteiger partial charge in [-0.1, -0.05) is 48.5 Å². The first-order chi connectivity index (χ1) is 13.4. The van der Waals surface area contributed by atoms with Gasteiger partial charge in [0.1, 0.15) is 0 Å². The molecule has 1 heterocycles. The lowest BCUT2D eigenvalue weighted by atomic mass is 9.69. The largest absolute Gasteiger partial charge is 0.314 e. The van der Waals surface area contributed by atoms with Crippen molar-refractivity contribution in [3.63, 3.8) is 0 Å². The number of likely N-dealkylation sites (N-methyl/N-ethyl adjacent to an activating group) is 1. The molecule has 1 aliphatic carbocycles. The minimum Gasteiger partial charge on any atom is -0.314 e. The van der Waals surface area contributed by atoms with Gasteiger partial charge in [0.05, 0.1) is 17.3 Å². The second-order valence-corrected chi connectivity index (χ2v) is 7.50. The number of hydrogen-bond acceptors (Lipinski definition) is 5. The molecule has 1 amide bonds. The number of para-hydroxylation sites is 1. The number of hydrogen-bond donors (Lipinski definition) is 0. The van der Waals surface area contributed by atoms with Gasteiger partial charge < -0.3 is 4.90 Å². The van der Waals surface area contributed by atoms with Crippen molar-refractivity contribution in [2.24, 2.45) is 5.92 Å². The highest BCUT2D eigenvalue weighted by atomic mass is 16.6. The summed E-state index contributed by atoms with van der Waals surface area (Å²) in [5, 5.41) is 23.3. The first kappa shape index (κ1) is 18.1. The Morgan fingerprint density at radius 2 is 1.71 bits per heavy atom. The quantitative estimate of drug-likeness (QED) is 0.598. The summed E-state index contributed by atoms with van der Waals surface area (Å²) < 4.78 is 0. The normalized spacial score (nSPS) is 28.5. The third-order valence-electron chi connectivity index (χ3n) is 6.16. The second kappa shape index (κ2) is 6.40. The highest BCUT2D eigenvalue weighted by molar-refractivity contribution is 6.09. The Bertz CT molecular complexity index is 963. The molecule has 0 unspecified atom stereocenters. The van der Waals surface area contributed by atoms with E-state index in [0.29, 0.717) is 16.8 Å². The fourth-order valence-electron chi connectivity index (χ4n) is 5.19. The monoisotopic (exact) mass is 381 g/mol. The molecular weight excluding hydrogens is 362 g/mol. The van der Waals surface area contributed by atoms with Gasteiger partial charge in [0.2, 0.25) is 18.5 Å². The first-order valence-electron chi connectivity index (χ1n) is 9.06. The Labute approximate surface area is 161 Å². The molecule has 0 radical (unpaired) electrons. The van der Waals surface area contributed by atoms with E-state index in [1.165, 1.54) is 4.90 Å². The van der Waals surface area contributed by atoms with E-state index in [-0.39, 0.29) is 12.3 Å². The van der Waals surface area contributed by atoms with Crippen LogP contribution in [0.15, 0.2) is 54.6 Å². The van der Waals surface area contributed by atoms with Crippen LogP contribution in [0, 0.1) is 26.1 Å². The zero-order valence-electron chi connectivity index (χ0n) is 15.2. The van der Waals surface area contributed by atoms with Crippen LogP contribution >= 0.6 is 0 Å². The smallest absolute Gasteiger partial charge is 0.238 e. The van der Waals surface area contributed by atoms with E-state index in [1.807, 2.05) is 18.2 Å². The maximum Gasteiger partial charge on any atom is 0.238 e. The molecule has 4 atom stereocenters. The Kier molecular flexibility index (Phi) is 4.14. The molecular formula is C20H19N3O5. The lowest BCUT2D eigenvalue weighted by Gasteiger charge is -2.30. The fraction of sp³-hybridized carbons (Fsp3) is 0.350. The predicted octanol–water partition coefficient (Wildman–Crippen LogP) is 2.63. The zero-order valence-corrected chi connectivity index (χ0v) is 15.2. The van der Waals surface area contributed by atoms with Crippen LogP contribution in [0.4, 0.5) is 5.69 Å². The molecule has 1 saturated carbocycles. The third kappa shape index (κ3) is 2.41. The minimum atomic E-state index is -1.21. The Hall–Kier alpha value is -3.29. The molecule has 0 bridgehead atoms. The predicted molar refractivity (Wildman–Crippen MR) is 101 cm³/mol. The number of carbonyl (C=O) groups excluding carboxylic acids is 1. The lowest BCUT2D eigenvalue weighted by Crippen LogP contribution is -2.43. The Balaban J connectivity index is 1.98. The molecule has 1 fully saturated rings. The van der Waals surface area contributed by atoms with Crippen molar-refractivity contribution >= 4 is 11.6 Å². The van der Waals surface area contributed by atoms with E-state index >= 15 is 0 Å². The van der Waals surface area contributed by atoms with Crippen LogP contribution in [0.1, 0.15) is 23.5 Å². The van der Waals surface area contributed by atoms with Gasteiger partial charge in [0.15, 0.2) is 0 Å². The summed E-state index contributed by atoms with van der Waals surface area (Å²) >= 11 is 0. The van der Waals surface area contributed by atoms with Gasteiger partial charge in [-0.25, -0.2) is 0 Å². The Morgan fingerprint density at radius 1 is 1.07 bits per heavy atom. The molecule has 0 aromatic heterocycles. The van der Waals surface area contributed by atoms with Gasteiger partial charge in [-0.15, -0.1) is 0 Å². The summed E-state index contributed by atoms with van der Waals surface area (Å²) in [5.41, 5.74) is 0.908. The summed E-state index contributed by atoms with van der Waals surface area (Å²) in [6.45, 7) is -0.532. The third-order valence-corrected chi connectivity index (χ3v) is 6.16. The summed E-state index contributed by atoms with van der Waals surface area (Å²) in [7, 11) is 1.65. The molecule has 1 spiro atoms. The van der Waals surface area contributed by atoms with E-state index in [1.54, 1.807) is 43.4 Å². The molecule has 2 aromatic carbocycles. The van der Waals surface area contributed by atoms with Gasteiger partial charge in [-0.05, 0) is 23.6 Å². The van der Waals surface area contributed by atoms with Crippen molar-refractivity contribution in [3.05, 3.63) is 86.0 Å². The molecule has 8 nitrogen and oxygen atoms in total. The summed E-state index contributed by atoms with van der Waals surface area (Å²) in [4.78, 5) is 37.4. The fourth-order valence-corrected chi connectivity index (χ4v) is 5.19. The molecule has 8 heteroatoms. The van der Waals surface area contributed by atoms with Crippen molar-refractivity contribution in [3.8, 4) is 0 Å². The van der Waals surface area contributed by atoms with Crippen LogP contribution in [-0.4, -0.2) is 35.4 Å². The van der Waals surface area contributed by atoms with E-state index in [9.17, 15) is 25.0 Å². The highest BCUT2D eigenvalue weighted by Crippen LogP contribution is 2.60. The van der Waals surface area contributed by atoms with Gasteiger partial charge >= 0.3 is 0 Å². The van der Waals surface area contributed by atoms with Crippen LogP contribution < -0.4 is 4.90 Å². The van der Waals surface area contributed by atoms with Gasteiger partial charge in [-0.3, -0.25) is 25.0 Å². The number of fused-ring (bicyclic) bond motifs is 2. The molecule has 2 aromatic rings. The molecule has 0 saturated heterocycles. The second-order valence-electron chi connectivity index (χ2n) is 7.50. The van der Waals surface area contributed by atoms with Gasteiger partial charge in [0, 0.05) is 22.6 Å². The van der Waals surface area contributed by atoms with E-state index in [2.05, 4.69) is 0 Å². The molecule has 4 rings (SSSR count). The number of anilines is 1. The van der Waals surface area contributed by atoms with Crippen LogP contribution in [0.3, 0.4) is 0 Å². The van der Waals surface area contributed by atoms with Crippen LogP contribution in [0.5, 0.6) is 0 Å². The van der Waals surface area contributed by atoms with Gasteiger partial charge in [0.25, 0.3) is 0 Å². The van der Waals surface area contributed by atoms with Gasteiger partial charge in [-0.2, -0.15) is 0 Å². The van der Waals surface area contributed by atoms with E-state index in [4.69, 9.17) is 0 Å². The summed E-state index contributed by atoms with van der Waals surface area (Å²) in [5.74, 6) is -1.84. The van der Waals surface area contributed by atoms with Crippen molar-refractivity contribution in [1.82, 2.24) is 0 Å². The highest BCUT2D eigenvalue weighted by Gasteiger charge is 2.68. The standard InChI is InChI=1S/C20H19N3O5/c1-21-16-10-6-5-9-15(16)20(19(21)24)11-14(12-22(25)26)18(23(27)28)17(20)13-7-3-2-4-8-13/h2-10,14,17-18H,11-12H2,1H3/t14-,17-,18+,20+/m1/s1. The number of nitro groups is 2. The van der Waals surface area contributed by atoms with Crippen molar-refractivity contribution in [2.45, 2.75) is 23.8 Å². The Morgan fingerprint density at radius 3 is 2.36 bits per heavy atom. The molecule has 1 aliphatic heterocycles. The maximum atomic E-state index is 13.5. The molecule has 0 N–H and O–H groups in total. The molecule has 28 heavy (non-hydrogen) atoms. The van der Waals surface area contributed by atoms with Crippen LogP contribution in [-0.2, 0) is 10.2 Å². The van der Waals surface area contributed by atoms with E-state index < -0.39 is 39.7 Å². The SMILES string of the molecule is CN1C(=O)[C@@]2(C[C@H](C[N+](=O)[O-])[C@H]([N+](=O)[O-])[C@H]2c2ccccc2)c2ccccc21. The maximum absolute atomic E-state index is 13.5. The van der Waals surface area contributed by atoms with Crippen molar-refractivity contribution in [1.29, 1.82) is 0 Å². The zero-order chi connectivity index (χ0) is 20.1. The summed E-state index contributed by atoms with van der Waals surface area (Å²) in [6, 6.07) is 14.9. The van der Waals surface area contributed by atoms with Crippen molar-refractivity contribution < 1.29 is 14.6 Å². The number of rotatable bonds is 4.